The molecule has 1 heterocycles. The van der Waals surface area contributed by atoms with Gasteiger partial charge in [-0.2, -0.15) is 0 Å². The van der Waals surface area contributed by atoms with E-state index in [-0.39, 0.29) is 62.8 Å². The van der Waals surface area contributed by atoms with E-state index >= 15 is 0 Å². The summed E-state index contributed by atoms with van der Waals surface area (Å²) in [6, 6.07) is 5.97. The number of hydrogen-bond donors (Lipinski definition) is 0. The second-order valence-electron chi connectivity index (χ2n) is 3.58. The molecule has 0 unspecified atom stereocenters. The van der Waals surface area contributed by atoms with E-state index in [1.54, 1.807) is 0 Å². The Morgan fingerprint density at radius 2 is 1.72 bits per heavy atom. The molecular weight excluding hydrogens is 292 g/mol. The summed E-state index contributed by atoms with van der Waals surface area (Å²) in [4.78, 5) is 0. The smallest absolute Gasteiger partial charge is 0.445 e. The van der Waals surface area contributed by atoms with Crippen LogP contribution in [0.4, 0.5) is 12.9 Å². The first kappa shape index (κ1) is 16.3. The van der Waals surface area contributed by atoms with Gasteiger partial charge in [0.25, 0.3) is 0 Å². The number of benzene rings is 1. The van der Waals surface area contributed by atoms with Crippen molar-refractivity contribution >= 4 is 24.0 Å². The van der Waals surface area contributed by atoms with Gasteiger partial charge in [-0.1, -0.05) is 28.9 Å². The molecule has 0 radical (unpaired) electrons. The molecule has 18 heavy (non-hydrogen) atoms. The molecule has 0 N–H and O–H groups in total. The van der Waals surface area contributed by atoms with Crippen LogP contribution >= 0.6 is 11.6 Å². The summed E-state index contributed by atoms with van der Waals surface area (Å²) < 4.78 is 43.2. The Hall–Kier alpha value is 0.211. The second kappa shape index (κ2) is 6.11. The second-order valence-corrected chi connectivity index (χ2v) is 4.02. The van der Waals surface area contributed by atoms with Gasteiger partial charge in [-0.25, -0.2) is 0 Å². The van der Waals surface area contributed by atoms with Crippen molar-refractivity contribution in [2.24, 2.45) is 0 Å². The van der Waals surface area contributed by atoms with Crippen LogP contribution in [-0.2, 0) is 0 Å². The summed E-state index contributed by atoms with van der Waals surface area (Å²) in [5, 5.41) is 3.91. The molecule has 0 aliphatic rings. The molecule has 0 spiro atoms. The zero-order valence-electron chi connectivity index (χ0n) is 9.75. The zero-order valence-corrected chi connectivity index (χ0v) is 13.6. The van der Waals surface area contributed by atoms with Gasteiger partial charge >= 0.3 is 58.4 Å². The standard InChI is InChI=1S/C10H7BClF3NO.K/c1-6-9(11(13,14)15)10(16-17-6)7-2-4-8(12)5-3-7;/h2-5H,1H3;/q-1;+1. The van der Waals surface area contributed by atoms with Gasteiger partial charge in [0.15, 0.2) is 0 Å². The van der Waals surface area contributed by atoms with Gasteiger partial charge in [-0.15, -0.1) is 0 Å². The molecule has 2 aromatic rings. The number of hydrogen-bond acceptors (Lipinski definition) is 2. The van der Waals surface area contributed by atoms with Crippen LogP contribution in [0.3, 0.4) is 0 Å². The van der Waals surface area contributed by atoms with Gasteiger partial charge in [0.2, 0.25) is 0 Å². The summed E-state index contributed by atoms with van der Waals surface area (Å²) in [6.07, 6.45) is 0. The number of nitrogens with zero attached hydrogens (tertiary/aromatic N) is 1. The van der Waals surface area contributed by atoms with E-state index in [9.17, 15) is 12.9 Å². The predicted molar refractivity (Wildman–Crippen MR) is 60.4 cm³/mol. The van der Waals surface area contributed by atoms with Gasteiger partial charge in [-0.3, -0.25) is 0 Å². The predicted octanol–water partition coefficient (Wildman–Crippen LogP) is 0.362. The third-order valence-corrected chi connectivity index (χ3v) is 2.61. The van der Waals surface area contributed by atoms with E-state index in [1.807, 2.05) is 0 Å². The van der Waals surface area contributed by atoms with Crippen molar-refractivity contribution in [2.45, 2.75) is 6.92 Å². The molecule has 1 aromatic carbocycles. The maximum atomic E-state index is 12.8. The third-order valence-electron chi connectivity index (χ3n) is 2.35. The average molecular weight is 300 g/mol. The first-order chi connectivity index (χ1) is 7.89. The number of aryl methyl sites for hydroxylation is 1. The van der Waals surface area contributed by atoms with Gasteiger partial charge in [0, 0.05) is 10.6 Å². The van der Waals surface area contributed by atoms with Gasteiger partial charge < -0.3 is 17.5 Å². The van der Waals surface area contributed by atoms with Crippen molar-refractivity contribution in [1.82, 2.24) is 5.16 Å². The minimum Gasteiger partial charge on any atom is -0.445 e. The molecule has 0 aliphatic heterocycles. The van der Waals surface area contributed by atoms with Crippen LogP contribution in [0.5, 0.6) is 0 Å². The fraction of sp³-hybridized carbons (Fsp3) is 0.100. The fourth-order valence-corrected chi connectivity index (χ4v) is 1.71. The number of halogens is 4. The van der Waals surface area contributed by atoms with E-state index in [0.717, 1.165) is 0 Å². The van der Waals surface area contributed by atoms with Crippen molar-refractivity contribution in [3.63, 3.8) is 0 Å². The molecule has 0 saturated heterocycles. The van der Waals surface area contributed by atoms with E-state index in [4.69, 9.17) is 11.6 Å². The Bertz CT molecular complexity index is 541. The van der Waals surface area contributed by atoms with Gasteiger partial charge in [0.05, 0.1) is 5.69 Å². The molecular formula is C10H7BClF3KNO. The molecule has 2 rings (SSSR count). The quantitative estimate of drug-likeness (QED) is 0.749. The van der Waals surface area contributed by atoms with Crippen molar-refractivity contribution < 1.29 is 68.9 Å². The number of rotatable bonds is 2. The fourth-order valence-electron chi connectivity index (χ4n) is 1.58. The molecule has 2 nitrogen and oxygen atoms in total. The van der Waals surface area contributed by atoms with E-state index < -0.39 is 12.4 Å². The molecule has 8 heteroatoms. The maximum Gasteiger partial charge on any atom is 1.00 e. The van der Waals surface area contributed by atoms with Gasteiger partial charge in [0.1, 0.15) is 5.76 Å². The van der Waals surface area contributed by atoms with Crippen LogP contribution < -0.4 is 56.8 Å². The van der Waals surface area contributed by atoms with Crippen LogP contribution in [0.25, 0.3) is 11.3 Å². The first-order valence-corrected chi connectivity index (χ1v) is 5.19. The van der Waals surface area contributed by atoms with Crippen LogP contribution in [-0.4, -0.2) is 12.1 Å². The van der Waals surface area contributed by atoms with Crippen molar-refractivity contribution in [3.8, 4) is 11.3 Å². The van der Waals surface area contributed by atoms with Crippen LogP contribution in [0, 0.1) is 6.92 Å². The molecule has 0 atom stereocenters. The average Bonchev–Trinajstić information content (AvgIpc) is 2.61. The topological polar surface area (TPSA) is 26.0 Å². The van der Waals surface area contributed by atoms with Crippen molar-refractivity contribution in [1.29, 1.82) is 0 Å². The summed E-state index contributed by atoms with van der Waals surface area (Å²) in [6.45, 7) is -3.90. The minimum atomic E-state index is -5.15. The van der Waals surface area contributed by atoms with E-state index in [1.165, 1.54) is 31.2 Å². The Morgan fingerprint density at radius 3 is 2.22 bits per heavy atom. The summed E-state index contributed by atoms with van der Waals surface area (Å²) in [7, 11) is 0. The first-order valence-electron chi connectivity index (χ1n) is 4.81. The molecule has 0 bridgehead atoms. The van der Waals surface area contributed by atoms with Gasteiger partial charge in [-0.05, 0) is 24.5 Å². The SMILES string of the molecule is Cc1onc(-c2ccc(Cl)cc2)c1[B-](F)(F)F.[K+]. The number of aromatic nitrogens is 1. The van der Waals surface area contributed by atoms with Crippen LogP contribution in [0.1, 0.15) is 5.76 Å². The summed E-state index contributed by atoms with van der Waals surface area (Å²) >= 11 is 5.67. The normalized spacial score (nSPS) is 11.2. The summed E-state index contributed by atoms with van der Waals surface area (Å²) in [5.41, 5.74) is -0.639. The molecule has 1 aromatic heterocycles. The molecule has 0 amide bonds. The third kappa shape index (κ3) is 3.40. The maximum absolute atomic E-state index is 12.8. The largest absolute Gasteiger partial charge is 1.00 e. The molecule has 0 aliphatic carbocycles. The zero-order chi connectivity index (χ0) is 12.6. The van der Waals surface area contributed by atoms with Crippen LogP contribution in [0.15, 0.2) is 28.8 Å². The van der Waals surface area contributed by atoms with Crippen molar-refractivity contribution in [2.75, 3.05) is 0 Å². The Morgan fingerprint density at radius 1 is 1.17 bits per heavy atom. The minimum absolute atomic E-state index is 0. The van der Waals surface area contributed by atoms with E-state index in [0.29, 0.717) is 10.6 Å². The summed E-state index contributed by atoms with van der Waals surface area (Å²) in [5.74, 6) is -0.220. The monoisotopic (exact) mass is 299 g/mol. The Balaban J connectivity index is 0.00000162. The molecule has 0 saturated carbocycles. The molecule has 90 valence electrons. The molecule has 0 fully saturated rings. The Labute approximate surface area is 149 Å². The Kier molecular flexibility index (Phi) is 5.52. The van der Waals surface area contributed by atoms with Crippen molar-refractivity contribution in [3.05, 3.63) is 35.0 Å². The van der Waals surface area contributed by atoms with E-state index in [2.05, 4.69) is 9.68 Å². The van der Waals surface area contributed by atoms with Crippen LogP contribution in [0.2, 0.25) is 5.02 Å².